The molecule has 1 unspecified atom stereocenters. The van der Waals surface area contributed by atoms with Gasteiger partial charge in [-0.05, 0) is 45.9 Å². The molecule has 0 spiro atoms. The Bertz CT molecular complexity index is 539. The van der Waals surface area contributed by atoms with E-state index in [2.05, 4.69) is 16.2 Å². The van der Waals surface area contributed by atoms with Crippen molar-refractivity contribution in [3.63, 3.8) is 0 Å². The Labute approximate surface area is 139 Å². The van der Waals surface area contributed by atoms with Crippen molar-refractivity contribution < 1.29 is 14.3 Å². The lowest BCUT2D eigenvalue weighted by molar-refractivity contribution is -0.122. The minimum atomic E-state index is -0.781. The predicted molar refractivity (Wildman–Crippen MR) is 87.1 cm³/mol. The summed E-state index contributed by atoms with van der Waals surface area (Å²) in [5.41, 5.74) is 5.01. The molecule has 1 rings (SSSR count). The van der Waals surface area contributed by atoms with Gasteiger partial charge in [-0.25, -0.2) is 4.79 Å². The monoisotopic (exact) mass is 347 g/mol. The number of ether oxygens (including phenoxy) is 1. The summed E-state index contributed by atoms with van der Waals surface area (Å²) in [6.45, 7) is 6.75. The van der Waals surface area contributed by atoms with Crippen molar-refractivity contribution >= 4 is 40.9 Å². The maximum absolute atomic E-state index is 11.9. The van der Waals surface area contributed by atoms with Crippen LogP contribution in [0.25, 0.3) is 0 Å². The molecule has 3 N–H and O–H groups in total. The van der Waals surface area contributed by atoms with Gasteiger partial charge in [0, 0.05) is 10.0 Å². The van der Waals surface area contributed by atoms with E-state index in [4.69, 9.17) is 27.9 Å². The maximum Gasteiger partial charge on any atom is 0.408 e. The molecule has 0 aliphatic heterocycles. The van der Waals surface area contributed by atoms with Gasteiger partial charge in [0.25, 0.3) is 5.91 Å². The molecule has 2 amide bonds. The second-order valence-corrected chi connectivity index (χ2v) is 6.51. The zero-order chi connectivity index (χ0) is 16.9. The van der Waals surface area contributed by atoms with E-state index < -0.39 is 23.6 Å². The summed E-state index contributed by atoms with van der Waals surface area (Å²) in [5.74, 6) is -0.443. The number of hydrogen-bond acceptors (Lipinski definition) is 4. The standard InChI is InChI=1S/C14H19Cl2N3O3/c1-8(17-13(21)22-14(2,3)4)12(20)19-18-11-6-9(15)5-10(16)7-11/h5-8,18H,1-4H3,(H,17,21)(H,19,20). The molecule has 0 fully saturated rings. The van der Waals surface area contributed by atoms with Crippen molar-refractivity contribution in [2.75, 3.05) is 5.43 Å². The fourth-order valence-electron chi connectivity index (χ4n) is 1.42. The van der Waals surface area contributed by atoms with Crippen LogP contribution < -0.4 is 16.2 Å². The Morgan fingerprint density at radius 2 is 1.68 bits per heavy atom. The average molecular weight is 348 g/mol. The lowest BCUT2D eigenvalue weighted by Gasteiger charge is -2.21. The summed E-state index contributed by atoms with van der Waals surface area (Å²) in [7, 11) is 0. The van der Waals surface area contributed by atoms with Gasteiger partial charge >= 0.3 is 6.09 Å². The summed E-state index contributed by atoms with van der Waals surface area (Å²) in [6.07, 6.45) is -0.666. The molecule has 0 bridgehead atoms. The van der Waals surface area contributed by atoms with Crippen LogP contribution in [-0.2, 0) is 9.53 Å². The van der Waals surface area contributed by atoms with Gasteiger partial charge in [0.15, 0.2) is 0 Å². The number of anilines is 1. The van der Waals surface area contributed by atoms with Crippen LogP contribution in [0.5, 0.6) is 0 Å². The summed E-state index contributed by atoms with van der Waals surface area (Å²) in [6, 6.07) is 3.99. The van der Waals surface area contributed by atoms with Crippen LogP contribution in [0.2, 0.25) is 10.0 Å². The normalized spacial score (nSPS) is 12.3. The summed E-state index contributed by atoms with van der Waals surface area (Å²) in [4.78, 5) is 23.4. The van der Waals surface area contributed by atoms with Gasteiger partial charge in [-0.2, -0.15) is 0 Å². The highest BCUT2D eigenvalue weighted by molar-refractivity contribution is 6.35. The largest absolute Gasteiger partial charge is 0.444 e. The van der Waals surface area contributed by atoms with Crippen molar-refractivity contribution in [1.29, 1.82) is 0 Å². The van der Waals surface area contributed by atoms with E-state index in [9.17, 15) is 9.59 Å². The third kappa shape index (κ3) is 6.87. The lowest BCUT2D eigenvalue weighted by Crippen LogP contribution is -2.47. The van der Waals surface area contributed by atoms with Crippen LogP contribution in [0, 0.1) is 0 Å². The molecule has 0 saturated carbocycles. The second kappa shape index (κ2) is 7.56. The van der Waals surface area contributed by atoms with Gasteiger partial charge in [-0.3, -0.25) is 15.6 Å². The summed E-state index contributed by atoms with van der Waals surface area (Å²) < 4.78 is 5.07. The molecule has 0 aliphatic carbocycles. The highest BCUT2D eigenvalue weighted by Crippen LogP contribution is 2.21. The molecule has 0 heterocycles. The number of hydrogen-bond donors (Lipinski definition) is 3. The molecule has 122 valence electrons. The highest BCUT2D eigenvalue weighted by atomic mass is 35.5. The van der Waals surface area contributed by atoms with Gasteiger partial charge in [0.2, 0.25) is 0 Å². The summed E-state index contributed by atoms with van der Waals surface area (Å²) >= 11 is 11.7. The van der Waals surface area contributed by atoms with Gasteiger partial charge < -0.3 is 10.1 Å². The first-order valence-electron chi connectivity index (χ1n) is 6.58. The molecule has 0 radical (unpaired) electrons. The topological polar surface area (TPSA) is 79.5 Å². The number of halogens is 2. The third-order valence-electron chi connectivity index (χ3n) is 2.32. The molecule has 22 heavy (non-hydrogen) atoms. The fourth-order valence-corrected chi connectivity index (χ4v) is 1.94. The first-order chi connectivity index (χ1) is 10.1. The fraction of sp³-hybridized carbons (Fsp3) is 0.429. The number of alkyl carbamates (subject to hydrolysis) is 1. The number of carbonyl (C=O) groups excluding carboxylic acids is 2. The molecular formula is C14H19Cl2N3O3. The molecule has 1 atom stereocenters. The smallest absolute Gasteiger partial charge is 0.408 e. The first-order valence-corrected chi connectivity index (χ1v) is 7.34. The number of nitrogens with one attached hydrogen (secondary N) is 3. The number of benzene rings is 1. The molecule has 8 heteroatoms. The lowest BCUT2D eigenvalue weighted by atomic mass is 10.2. The van der Waals surface area contributed by atoms with E-state index in [1.54, 1.807) is 39.0 Å². The van der Waals surface area contributed by atoms with Crippen LogP contribution >= 0.6 is 23.2 Å². The first kappa shape index (κ1) is 18.4. The third-order valence-corrected chi connectivity index (χ3v) is 2.76. The Morgan fingerprint density at radius 1 is 1.14 bits per heavy atom. The second-order valence-electron chi connectivity index (χ2n) is 5.64. The highest BCUT2D eigenvalue weighted by Gasteiger charge is 2.20. The number of hydrazine groups is 1. The molecule has 0 saturated heterocycles. The number of carbonyl (C=O) groups is 2. The van der Waals surface area contributed by atoms with E-state index in [-0.39, 0.29) is 0 Å². The molecule has 1 aromatic rings. The number of amides is 2. The van der Waals surface area contributed by atoms with E-state index in [0.29, 0.717) is 15.7 Å². The maximum atomic E-state index is 11.9. The zero-order valence-corrected chi connectivity index (χ0v) is 14.3. The quantitative estimate of drug-likeness (QED) is 0.729. The molecular weight excluding hydrogens is 329 g/mol. The molecule has 1 aromatic carbocycles. The molecule has 0 aromatic heterocycles. The van der Waals surface area contributed by atoms with E-state index in [1.807, 2.05) is 0 Å². The Kier molecular flexibility index (Phi) is 6.32. The van der Waals surface area contributed by atoms with E-state index >= 15 is 0 Å². The van der Waals surface area contributed by atoms with Crippen molar-refractivity contribution in [2.24, 2.45) is 0 Å². The number of rotatable bonds is 4. The Hall–Kier alpha value is -1.66. The van der Waals surface area contributed by atoms with Gasteiger partial charge in [-0.1, -0.05) is 23.2 Å². The summed E-state index contributed by atoms with van der Waals surface area (Å²) in [5, 5.41) is 3.30. The minimum absolute atomic E-state index is 0.434. The van der Waals surface area contributed by atoms with Crippen LogP contribution in [0.4, 0.5) is 10.5 Å². The Morgan fingerprint density at radius 3 is 2.18 bits per heavy atom. The van der Waals surface area contributed by atoms with Gasteiger partial charge in [0.1, 0.15) is 11.6 Å². The van der Waals surface area contributed by atoms with Crippen LogP contribution in [0.3, 0.4) is 0 Å². The zero-order valence-electron chi connectivity index (χ0n) is 12.8. The molecule has 6 nitrogen and oxygen atoms in total. The van der Waals surface area contributed by atoms with Gasteiger partial charge in [0.05, 0.1) is 5.69 Å². The Balaban J connectivity index is 2.49. The van der Waals surface area contributed by atoms with E-state index in [1.165, 1.54) is 6.92 Å². The van der Waals surface area contributed by atoms with E-state index in [0.717, 1.165) is 0 Å². The van der Waals surface area contributed by atoms with Crippen molar-refractivity contribution in [3.05, 3.63) is 28.2 Å². The SMILES string of the molecule is CC(NC(=O)OC(C)(C)C)C(=O)NNc1cc(Cl)cc(Cl)c1. The van der Waals surface area contributed by atoms with Crippen molar-refractivity contribution in [2.45, 2.75) is 39.3 Å². The van der Waals surface area contributed by atoms with Crippen LogP contribution in [-0.4, -0.2) is 23.6 Å². The van der Waals surface area contributed by atoms with Crippen LogP contribution in [0.1, 0.15) is 27.7 Å². The van der Waals surface area contributed by atoms with Crippen molar-refractivity contribution in [3.8, 4) is 0 Å². The van der Waals surface area contributed by atoms with Gasteiger partial charge in [-0.15, -0.1) is 0 Å². The van der Waals surface area contributed by atoms with Crippen LogP contribution in [0.15, 0.2) is 18.2 Å². The predicted octanol–water partition coefficient (Wildman–Crippen LogP) is 3.35. The average Bonchev–Trinajstić information content (AvgIpc) is 2.32. The van der Waals surface area contributed by atoms with Crippen molar-refractivity contribution in [1.82, 2.24) is 10.7 Å². The molecule has 0 aliphatic rings. The minimum Gasteiger partial charge on any atom is -0.444 e.